The van der Waals surface area contributed by atoms with Gasteiger partial charge < -0.3 is 5.32 Å². The molecular formula is C17H26N4O2. The van der Waals surface area contributed by atoms with Crippen molar-refractivity contribution < 1.29 is 4.79 Å². The van der Waals surface area contributed by atoms with Crippen LogP contribution in [0.3, 0.4) is 0 Å². The van der Waals surface area contributed by atoms with Gasteiger partial charge in [0.25, 0.3) is 0 Å². The standard InChI is InChI=1S/C17H26N4O2/c1-3-5-9-14(8-4-2)12-18-16(22)13-21-17(23)20-11-7-6-10-15(20)19-21/h6-7,10-11,14H,3-5,8-9,12-13H2,1-2H3,(H,18,22). The number of pyridine rings is 1. The van der Waals surface area contributed by atoms with E-state index in [-0.39, 0.29) is 18.1 Å². The normalized spacial score (nSPS) is 12.4. The van der Waals surface area contributed by atoms with Crippen LogP contribution in [-0.4, -0.2) is 26.6 Å². The van der Waals surface area contributed by atoms with Crippen LogP contribution < -0.4 is 11.0 Å². The van der Waals surface area contributed by atoms with Crippen molar-refractivity contribution in [3.05, 3.63) is 34.9 Å². The highest BCUT2D eigenvalue weighted by Gasteiger charge is 2.12. The van der Waals surface area contributed by atoms with Crippen molar-refractivity contribution in [2.75, 3.05) is 6.54 Å². The first kappa shape index (κ1) is 17.2. The zero-order chi connectivity index (χ0) is 16.7. The molecular weight excluding hydrogens is 292 g/mol. The Kier molecular flexibility index (Phi) is 6.38. The number of carbonyl (C=O) groups is 1. The van der Waals surface area contributed by atoms with Gasteiger partial charge in [0.2, 0.25) is 5.91 Å². The lowest BCUT2D eigenvalue weighted by Crippen LogP contribution is -2.35. The quantitative estimate of drug-likeness (QED) is 0.771. The summed E-state index contributed by atoms with van der Waals surface area (Å²) in [5.41, 5.74) is 0.268. The van der Waals surface area contributed by atoms with E-state index in [1.807, 2.05) is 6.07 Å². The maximum Gasteiger partial charge on any atom is 0.350 e. The Balaban J connectivity index is 1.92. The average molecular weight is 318 g/mol. The van der Waals surface area contributed by atoms with Gasteiger partial charge in [-0.25, -0.2) is 9.48 Å². The molecule has 6 nitrogen and oxygen atoms in total. The van der Waals surface area contributed by atoms with Gasteiger partial charge in [0.1, 0.15) is 6.54 Å². The summed E-state index contributed by atoms with van der Waals surface area (Å²) in [6, 6.07) is 5.33. The minimum atomic E-state index is -0.285. The van der Waals surface area contributed by atoms with E-state index in [9.17, 15) is 9.59 Å². The zero-order valence-electron chi connectivity index (χ0n) is 14.0. The number of amides is 1. The molecule has 1 N–H and O–H groups in total. The van der Waals surface area contributed by atoms with E-state index < -0.39 is 0 Å². The monoisotopic (exact) mass is 318 g/mol. The fraction of sp³-hybridized carbons (Fsp3) is 0.588. The molecule has 1 atom stereocenters. The third-order valence-electron chi connectivity index (χ3n) is 4.03. The summed E-state index contributed by atoms with van der Waals surface area (Å²) in [4.78, 5) is 24.2. The van der Waals surface area contributed by atoms with Crippen LogP contribution in [0.2, 0.25) is 0 Å². The second-order valence-electron chi connectivity index (χ2n) is 5.97. The first-order valence-corrected chi connectivity index (χ1v) is 8.46. The molecule has 0 saturated heterocycles. The van der Waals surface area contributed by atoms with Crippen molar-refractivity contribution in [2.45, 2.75) is 52.5 Å². The smallest absolute Gasteiger partial charge is 0.350 e. The lowest BCUT2D eigenvalue weighted by molar-refractivity contribution is -0.122. The van der Waals surface area contributed by atoms with Crippen molar-refractivity contribution in [1.82, 2.24) is 19.5 Å². The van der Waals surface area contributed by atoms with Gasteiger partial charge in [0, 0.05) is 12.7 Å². The molecule has 2 rings (SSSR count). The van der Waals surface area contributed by atoms with Crippen LogP contribution in [0.1, 0.15) is 46.0 Å². The van der Waals surface area contributed by atoms with E-state index in [1.54, 1.807) is 18.3 Å². The molecule has 2 aromatic rings. The fourth-order valence-corrected chi connectivity index (χ4v) is 2.77. The highest BCUT2D eigenvalue weighted by molar-refractivity contribution is 5.75. The molecule has 0 radical (unpaired) electrons. The Labute approximate surface area is 136 Å². The van der Waals surface area contributed by atoms with Gasteiger partial charge in [0.05, 0.1) is 0 Å². The summed E-state index contributed by atoms with van der Waals surface area (Å²) < 4.78 is 2.65. The number of aromatic nitrogens is 3. The number of carbonyl (C=O) groups excluding carboxylic acids is 1. The third kappa shape index (κ3) is 4.68. The Morgan fingerprint density at radius 2 is 2.09 bits per heavy atom. The van der Waals surface area contributed by atoms with Gasteiger partial charge >= 0.3 is 5.69 Å². The number of unbranched alkanes of at least 4 members (excludes halogenated alkanes) is 1. The highest BCUT2D eigenvalue weighted by Crippen LogP contribution is 2.13. The molecule has 0 aromatic carbocycles. The van der Waals surface area contributed by atoms with E-state index in [4.69, 9.17) is 0 Å². The summed E-state index contributed by atoms with van der Waals surface area (Å²) >= 11 is 0. The summed E-state index contributed by atoms with van der Waals surface area (Å²) in [6.07, 6.45) is 7.39. The second-order valence-corrected chi connectivity index (χ2v) is 5.97. The molecule has 0 aliphatic heterocycles. The minimum Gasteiger partial charge on any atom is -0.354 e. The van der Waals surface area contributed by atoms with Crippen molar-refractivity contribution >= 4 is 11.6 Å². The first-order chi connectivity index (χ1) is 11.2. The maximum absolute atomic E-state index is 12.1. The molecule has 0 bridgehead atoms. The first-order valence-electron chi connectivity index (χ1n) is 8.46. The zero-order valence-corrected chi connectivity index (χ0v) is 14.0. The van der Waals surface area contributed by atoms with E-state index >= 15 is 0 Å². The van der Waals surface area contributed by atoms with Crippen LogP contribution in [0.5, 0.6) is 0 Å². The molecule has 2 aromatic heterocycles. The Morgan fingerprint density at radius 1 is 1.26 bits per heavy atom. The Bertz CT molecular complexity index is 689. The third-order valence-corrected chi connectivity index (χ3v) is 4.03. The summed E-state index contributed by atoms with van der Waals surface area (Å²) in [5.74, 6) is 0.356. The molecule has 0 aliphatic rings. The van der Waals surface area contributed by atoms with Gasteiger partial charge in [-0.2, -0.15) is 0 Å². The molecule has 6 heteroatoms. The average Bonchev–Trinajstić information content (AvgIpc) is 2.86. The lowest BCUT2D eigenvalue weighted by Gasteiger charge is -2.16. The molecule has 0 saturated carbocycles. The van der Waals surface area contributed by atoms with Gasteiger partial charge in [-0.3, -0.25) is 9.20 Å². The number of nitrogens with one attached hydrogen (secondary N) is 1. The van der Waals surface area contributed by atoms with Crippen molar-refractivity contribution in [1.29, 1.82) is 0 Å². The van der Waals surface area contributed by atoms with Gasteiger partial charge in [-0.1, -0.05) is 39.2 Å². The van der Waals surface area contributed by atoms with Gasteiger partial charge in [0.15, 0.2) is 5.65 Å². The molecule has 0 spiro atoms. The number of nitrogens with zero attached hydrogens (tertiary/aromatic N) is 3. The van der Waals surface area contributed by atoms with E-state index in [1.165, 1.54) is 21.9 Å². The molecule has 0 aliphatic carbocycles. The van der Waals surface area contributed by atoms with Crippen molar-refractivity contribution in [3.63, 3.8) is 0 Å². The maximum atomic E-state index is 12.1. The van der Waals surface area contributed by atoms with E-state index in [0.717, 1.165) is 19.3 Å². The summed E-state index contributed by atoms with van der Waals surface area (Å²) in [6.45, 7) is 4.98. The van der Waals surface area contributed by atoms with E-state index in [0.29, 0.717) is 18.1 Å². The van der Waals surface area contributed by atoms with Crippen LogP contribution in [0.15, 0.2) is 29.2 Å². The lowest BCUT2D eigenvalue weighted by atomic mass is 9.97. The second kappa shape index (κ2) is 8.50. The van der Waals surface area contributed by atoms with E-state index in [2.05, 4.69) is 24.3 Å². The largest absolute Gasteiger partial charge is 0.354 e. The number of hydrogen-bond donors (Lipinski definition) is 1. The molecule has 126 valence electrons. The number of rotatable bonds is 9. The van der Waals surface area contributed by atoms with Crippen molar-refractivity contribution in [3.8, 4) is 0 Å². The highest BCUT2D eigenvalue weighted by atomic mass is 16.2. The van der Waals surface area contributed by atoms with Gasteiger partial charge in [-0.15, -0.1) is 5.10 Å². The number of fused-ring (bicyclic) bond motifs is 1. The van der Waals surface area contributed by atoms with Gasteiger partial charge in [-0.05, 0) is 30.9 Å². The Hall–Kier alpha value is -2.11. The van der Waals surface area contributed by atoms with Crippen LogP contribution in [0.25, 0.3) is 5.65 Å². The molecule has 0 fully saturated rings. The summed E-state index contributed by atoms with van der Waals surface area (Å²) in [7, 11) is 0. The molecule has 2 heterocycles. The van der Waals surface area contributed by atoms with Crippen LogP contribution in [-0.2, 0) is 11.3 Å². The molecule has 1 amide bonds. The summed E-state index contributed by atoms with van der Waals surface area (Å²) in [5, 5.41) is 7.12. The predicted molar refractivity (Wildman–Crippen MR) is 90.4 cm³/mol. The van der Waals surface area contributed by atoms with Crippen molar-refractivity contribution in [2.24, 2.45) is 5.92 Å². The minimum absolute atomic E-state index is 0.0346. The van der Waals surface area contributed by atoms with Crippen LogP contribution in [0.4, 0.5) is 0 Å². The topological polar surface area (TPSA) is 68.4 Å². The Morgan fingerprint density at radius 3 is 2.78 bits per heavy atom. The SMILES string of the molecule is CCCCC(CCC)CNC(=O)Cn1nc2ccccn2c1=O. The number of hydrogen-bond acceptors (Lipinski definition) is 3. The van der Waals surface area contributed by atoms with Crippen LogP contribution in [0, 0.1) is 5.92 Å². The molecule has 1 unspecified atom stereocenters. The predicted octanol–water partition coefficient (Wildman–Crippen LogP) is 2.22. The van der Waals surface area contributed by atoms with Crippen LogP contribution >= 0.6 is 0 Å². The molecule has 23 heavy (non-hydrogen) atoms. The fourth-order valence-electron chi connectivity index (χ4n) is 2.77.